The zero-order valence-electron chi connectivity index (χ0n) is 17.7. The van der Waals surface area contributed by atoms with Gasteiger partial charge in [-0.25, -0.2) is 9.18 Å². The molecule has 1 aliphatic heterocycles. The van der Waals surface area contributed by atoms with Gasteiger partial charge in [-0.1, -0.05) is 0 Å². The molecule has 1 heterocycles. The fourth-order valence-corrected chi connectivity index (χ4v) is 3.76. The maximum atomic E-state index is 14.0. The van der Waals surface area contributed by atoms with E-state index in [4.69, 9.17) is 9.47 Å². The van der Waals surface area contributed by atoms with Gasteiger partial charge in [0.15, 0.2) is 17.3 Å². The first kappa shape index (κ1) is 22.6. The second-order valence-corrected chi connectivity index (χ2v) is 7.33. The molecule has 1 N–H and O–H groups in total. The minimum absolute atomic E-state index is 0.0967. The Morgan fingerprint density at radius 2 is 1.77 bits per heavy atom. The minimum atomic E-state index is -0.569. The number of aliphatic hydroxyl groups is 1. The highest BCUT2D eigenvalue weighted by molar-refractivity contribution is 5.98. The van der Waals surface area contributed by atoms with Crippen LogP contribution in [0.5, 0.6) is 11.5 Å². The van der Waals surface area contributed by atoms with Gasteiger partial charge in [0.1, 0.15) is 5.75 Å². The molecule has 0 aromatic heterocycles. The van der Waals surface area contributed by atoms with E-state index in [0.717, 1.165) is 0 Å². The highest BCUT2D eigenvalue weighted by atomic mass is 19.1. The quantitative estimate of drug-likeness (QED) is 0.682. The Hall–Kier alpha value is -3.13. The monoisotopic (exact) mass is 430 g/mol. The number of carbonyl (C=O) groups is 2. The molecule has 8 heteroatoms. The lowest BCUT2D eigenvalue weighted by molar-refractivity contribution is 0.0856. The molecule has 0 bridgehead atoms. The molecule has 2 aromatic carbocycles. The number of piperidine rings is 1. The van der Waals surface area contributed by atoms with E-state index < -0.39 is 5.82 Å². The number of aliphatic hydroxyl groups excluding tert-OH is 1. The molecular formula is C23H27FN2O5. The Kier molecular flexibility index (Phi) is 7.46. The summed E-state index contributed by atoms with van der Waals surface area (Å²) in [7, 11) is 2.94. The van der Waals surface area contributed by atoms with Crippen LogP contribution in [0.25, 0.3) is 0 Å². The Balaban J connectivity index is 1.64. The van der Waals surface area contributed by atoms with Crippen LogP contribution >= 0.6 is 0 Å². The van der Waals surface area contributed by atoms with Crippen molar-refractivity contribution in [3.05, 3.63) is 53.8 Å². The Morgan fingerprint density at radius 3 is 2.32 bits per heavy atom. The third-order valence-corrected chi connectivity index (χ3v) is 5.51. The van der Waals surface area contributed by atoms with E-state index in [1.165, 1.54) is 24.1 Å². The average molecular weight is 430 g/mol. The number of rotatable bonds is 7. The summed E-state index contributed by atoms with van der Waals surface area (Å²) in [6, 6.07) is 11.0. The zero-order chi connectivity index (χ0) is 22.4. The number of Topliss-reactive ketones (excluding diaryl/α,β-unsaturated/α-hetero) is 1. The van der Waals surface area contributed by atoms with Crippen molar-refractivity contribution >= 4 is 17.5 Å². The van der Waals surface area contributed by atoms with Crippen LogP contribution in [0, 0.1) is 11.7 Å². The van der Waals surface area contributed by atoms with E-state index in [1.807, 2.05) is 0 Å². The lowest BCUT2D eigenvalue weighted by Crippen LogP contribution is -2.48. The second-order valence-electron chi connectivity index (χ2n) is 7.33. The van der Waals surface area contributed by atoms with Gasteiger partial charge >= 0.3 is 6.03 Å². The van der Waals surface area contributed by atoms with E-state index in [2.05, 4.69) is 0 Å². The lowest BCUT2D eigenvalue weighted by atomic mass is 9.89. The average Bonchev–Trinajstić information content (AvgIpc) is 2.82. The molecule has 0 spiro atoms. The summed E-state index contributed by atoms with van der Waals surface area (Å²) >= 11 is 0. The van der Waals surface area contributed by atoms with E-state index in [1.54, 1.807) is 42.3 Å². The van der Waals surface area contributed by atoms with E-state index >= 15 is 0 Å². The Labute approximate surface area is 181 Å². The number of halogens is 1. The Morgan fingerprint density at radius 1 is 1.10 bits per heavy atom. The number of ether oxygens (including phenoxy) is 2. The number of hydrogen-bond donors (Lipinski definition) is 1. The van der Waals surface area contributed by atoms with Crippen LogP contribution in [0.2, 0.25) is 0 Å². The van der Waals surface area contributed by atoms with Crippen molar-refractivity contribution in [1.82, 2.24) is 4.90 Å². The van der Waals surface area contributed by atoms with Crippen LogP contribution in [0.4, 0.5) is 14.9 Å². The maximum Gasteiger partial charge on any atom is 0.324 e. The molecule has 0 unspecified atom stereocenters. The molecule has 0 saturated carbocycles. The summed E-state index contributed by atoms with van der Waals surface area (Å²) in [4.78, 5) is 29.0. The van der Waals surface area contributed by atoms with Crippen LogP contribution in [0.1, 0.15) is 23.2 Å². The predicted octanol–water partition coefficient (Wildman–Crippen LogP) is 3.36. The smallest absolute Gasteiger partial charge is 0.324 e. The van der Waals surface area contributed by atoms with Crippen LogP contribution in [-0.4, -0.2) is 62.3 Å². The number of carbonyl (C=O) groups excluding carboxylic acids is 2. The topological polar surface area (TPSA) is 79.3 Å². The first-order chi connectivity index (χ1) is 15.0. The molecular weight excluding hydrogens is 403 g/mol. The van der Waals surface area contributed by atoms with Gasteiger partial charge in [-0.15, -0.1) is 0 Å². The first-order valence-electron chi connectivity index (χ1n) is 10.2. The highest BCUT2D eigenvalue weighted by Crippen LogP contribution is 2.27. The lowest BCUT2D eigenvalue weighted by Gasteiger charge is -2.35. The molecule has 2 aromatic rings. The molecule has 0 radical (unpaired) electrons. The normalized spacial score (nSPS) is 14.3. The van der Waals surface area contributed by atoms with Crippen molar-refractivity contribution in [3.8, 4) is 11.5 Å². The fourth-order valence-electron chi connectivity index (χ4n) is 3.76. The van der Waals surface area contributed by atoms with Gasteiger partial charge in [0.05, 0.1) is 27.4 Å². The van der Waals surface area contributed by atoms with Crippen molar-refractivity contribution in [2.24, 2.45) is 5.92 Å². The number of anilines is 1. The van der Waals surface area contributed by atoms with Crippen LogP contribution in [-0.2, 0) is 0 Å². The SMILES string of the molecule is COc1ccc(N(CCO)C(=O)N2CCC(C(=O)c3ccc(OC)c(F)c3)CC2)cc1. The maximum absolute atomic E-state index is 14.0. The van der Waals surface area contributed by atoms with E-state index in [9.17, 15) is 19.1 Å². The number of hydrogen-bond acceptors (Lipinski definition) is 5. The zero-order valence-corrected chi connectivity index (χ0v) is 17.7. The number of likely N-dealkylation sites (tertiary alicyclic amines) is 1. The third kappa shape index (κ3) is 5.14. The van der Waals surface area contributed by atoms with Crippen LogP contribution < -0.4 is 14.4 Å². The third-order valence-electron chi connectivity index (χ3n) is 5.51. The number of amides is 2. The van der Waals surface area contributed by atoms with Crippen molar-refractivity contribution in [3.63, 3.8) is 0 Å². The Bertz CT molecular complexity index is 911. The number of nitrogens with zero attached hydrogens (tertiary/aromatic N) is 2. The van der Waals surface area contributed by atoms with Gasteiger partial charge in [0.25, 0.3) is 0 Å². The molecule has 2 amide bonds. The molecule has 0 aliphatic carbocycles. The highest BCUT2D eigenvalue weighted by Gasteiger charge is 2.30. The molecule has 1 fully saturated rings. The van der Waals surface area contributed by atoms with Crippen molar-refractivity contribution in [1.29, 1.82) is 0 Å². The first-order valence-corrected chi connectivity index (χ1v) is 10.2. The van der Waals surface area contributed by atoms with Gasteiger partial charge in [-0.3, -0.25) is 9.69 Å². The van der Waals surface area contributed by atoms with Crippen molar-refractivity contribution < 1.29 is 28.6 Å². The largest absolute Gasteiger partial charge is 0.497 e. The van der Waals surface area contributed by atoms with E-state index in [-0.39, 0.29) is 36.6 Å². The number of benzene rings is 2. The number of ketones is 1. The fraction of sp³-hybridized carbons (Fsp3) is 0.391. The van der Waals surface area contributed by atoms with Gasteiger partial charge in [-0.2, -0.15) is 0 Å². The van der Waals surface area contributed by atoms with Crippen LogP contribution in [0.3, 0.4) is 0 Å². The van der Waals surface area contributed by atoms with Crippen molar-refractivity contribution in [2.75, 3.05) is 45.4 Å². The van der Waals surface area contributed by atoms with Crippen LogP contribution in [0.15, 0.2) is 42.5 Å². The second kappa shape index (κ2) is 10.3. The van der Waals surface area contributed by atoms with Crippen molar-refractivity contribution in [2.45, 2.75) is 12.8 Å². The van der Waals surface area contributed by atoms with Gasteiger partial charge < -0.3 is 19.5 Å². The molecule has 3 rings (SSSR count). The summed E-state index contributed by atoms with van der Waals surface area (Å²) in [5.74, 6) is -0.200. The van der Waals surface area contributed by atoms with Gasteiger partial charge in [0, 0.05) is 30.3 Å². The molecule has 166 valence electrons. The summed E-state index contributed by atoms with van der Waals surface area (Å²) in [6.07, 6.45) is 0.988. The van der Waals surface area contributed by atoms with Gasteiger partial charge in [-0.05, 0) is 55.3 Å². The minimum Gasteiger partial charge on any atom is -0.497 e. The standard InChI is InChI=1S/C23H27FN2O5/c1-30-19-6-4-18(5-7-19)26(13-14-27)23(29)25-11-9-16(10-12-25)22(28)17-3-8-21(31-2)20(24)15-17/h3-8,15-16,27H,9-14H2,1-2H3. The molecule has 7 nitrogen and oxygen atoms in total. The number of methoxy groups -OCH3 is 2. The summed E-state index contributed by atoms with van der Waals surface area (Å²) in [5, 5.41) is 9.43. The molecule has 31 heavy (non-hydrogen) atoms. The summed E-state index contributed by atoms with van der Waals surface area (Å²) in [5.41, 5.74) is 0.968. The number of urea groups is 1. The van der Waals surface area contributed by atoms with E-state index in [0.29, 0.717) is 42.9 Å². The van der Waals surface area contributed by atoms with Gasteiger partial charge in [0.2, 0.25) is 0 Å². The summed E-state index contributed by atoms with van der Waals surface area (Å²) in [6.45, 7) is 0.808. The summed E-state index contributed by atoms with van der Waals surface area (Å²) < 4.78 is 24.0. The molecule has 0 atom stereocenters. The predicted molar refractivity (Wildman–Crippen MR) is 114 cm³/mol. The molecule has 1 saturated heterocycles. The molecule has 1 aliphatic rings.